The van der Waals surface area contributed by atoms with Crippen LogP contribution in [-0.2, 0) is 4.79 Å². The summed E-state index contributed by atoms with van der Waals surface area (Å²) in [4.78, 5) is 40.8. The van der Waals surface area contributed by atoms with Gasteiger partial charge in [0.1, 0.15) is 5.70 Å². The number of amides is 2. The van der Waals surface area contributed by atoms with E-state index in [0.29, 0.717) is 5.56 Å². The van der Waals surface area contributed by atoms with Crippen molar-refractivity contribution in [3.8, 4) is 0 Å². The molecule has 0 saturated carbocycles. The van der Waals surface area contributed by atoms with Crippen LogP contribution < -0.4 is 5.43 Å². The van der Waals surface area contributed by atoms with Gasteiger partial charge in [0.25, 0.3) is 17.5 Å². The van der Waals surface area contributed by atoms with Gasteiger partial charge < -0.3 is 0 Å². The number of rotatable bonds is 4. The molecule has 32 heavy (non-hydrogen) atoms. The Morgan fingerprint density at radius 2 is 1.66 bits per heavy atom. The molecule has 0 bridgehead atoms. The number of amidine groups is 1. The molecule has 1 N–H and O–H groups in total. The van der Waals surface area contributed by atoms with Crippen molar-refractivity contribution in [2.45, 2.75) is 6.92 Å². The summed E-state index contributed by atoms with van der Waals surface area (Å²) >= 11 is 0. The molecule has 0 aliphatic carbocycles. The molecule has 1 aliphatic rings. The zero-order valence-electron chi connectivity index (χ0n) is 17.1. The molecular weight excluding hydrogens is 408 g/mol. The number of nitrogens with zero attached hydrogens (tertiary/aromatic N) is 3. The van der Waals surface area contributed by atoms with Crippen molar-refractivity contribution in [3.05, 3.63) is 117 Å². The minimum Gasteiger partial charge on any atom is -0.267 e. The van der Waals surface area contributed by atoms with Gasteiger partial charge in [0.15, 0.2) is 5.84 Å². The third kappa shape index (κ3) is 4.29. The second kappa shape index (κ2) is 8.65. The lowest BCUT2D eigenvalue weighted by atomic mass is 10.1. The summed E-state index contributed by atoms with van der Waals surface area (Å²) in [5.74, 6) is -0.863. The van der Waals surface area contributed by atoms with Crippen LogP contribution in [0.3, 0.4) is 0 Å². The van der Waals surface area contributed by atoms with E-state index in [0.717, 1.165) is 16.1 Å². The molecule has 0 radical (unpaired) electrons. The number of nitrogens with one attached hydrogen (secondary N) is 1. The van der Waals surface area contributed by atoms with E-state index >= 15 is 0 Å². The summed E-state index contributed by atoms with van der Waals surface area (Å²) in [7, 11) is 0. The number of hydrogen-bond acceptors (Lipinski definition) is 5. The second-order valence-electron chi connectivity index (χ2n) is 7.13. The number of aliphatic imine (C=N–C) groups is 1. The minimum absolute atomic E-state index is 0.135. The molecule has 158 valence electrons. The molecule has 0 saturated heterocycles. The fourth-order valence-corrected chi connectivity index (χ4v) is 3.13. The molecule has 8 heteroatoms. The summed E-state index contributed by atoms with van der Waals surface area (Å²) in [5, 5.41) is 12.0. The zero-order valence-corrected chi connectivity index (χ0v) is 17.1. The second-order valence-corrected chi connectivity index (χ2v) is 7.13. The smallest absolute Gasteiger partial charge is 0.267 e. The topological polar surface area (TPSA) is 105 Å². The molecule has 0 atom stereocenters. The molecule has 3 aromatic rings. The molecule has 8 nitrogen and oxygen atoms in total. The average Bonchev–Trinajstić information content (AvgIpc) is 2.81. The summed E-state index contributed by atoms with van der Waals surface area (Å²) in [6, 6.07) is 21.7. The van der Waals surface area contributed by atoms with E-state index in [1.807, 2.05) is 37.3 Å². The highest BCUT2D eigenvalue weighted by atomic mass is 16.6. The van der Waals surface area contributed by atoms with Gasteiger partial charge in [-0.05, 0) is 30.7 Å². The van der Waals surface area contributed by atoms with Crippen LogP contribution in [0.15, 0.2) is 89.6 Å². The Balaban J connectivity index is 1.75. The van der Waals surface area contributed by atoms with Crippen LogP contribution in [0.25, 0.3) is 6.08 Å². The molecule has 4 rings (SSSR count). The quantitative estimate of drug-likeness (QED) is 0.388. The third-order valence-electron chi connectivity index (χ3n) is 4.83. The number of nitro benzene ring substituents is 1. The number of hydrogen-bond donors (Lipinski definition) is 1. The van der Waals surface area contributed by atoms with Crippen molar-refractivity contribution >= 4 is 29.4 Å². The Labute approximate surface area is 183 Å². The standard InChI is InChI=1S/C24H18N4O4/c1-16-7-9-17(10-8-16)15-21-23(29)26-27(22(25-21)18-5-3-2-4-6-18)24(30)19-11-13-20(14-12-19)28(31)32/h2-15H,1H3,(H,26,29)/b21-15+. The number of aryl methyl sites for hydroxylation is 1. The van der Waals surface area contributed by atoms with Crippen LogP contribution in [0.1, 0.15) is 27.0 Å². The Morgan fingerprint density at radius 3 is 2.28 bits per heavy atom. The maximum Gasteiger partial charge on any atom is 0.288 e. The largest absolute Gasteiger partial charge is 0.288 e. The Kier molecular flexibility index (Phi) is 5.59. The predicted molar refractivity (Wildman–Crippen MR) is 120 cm³/mol. The maximum absolute atomic E-state index is 13.2. The van der Waals surface area contributed by atoms with Gasteiger partial charge >= 0.3 is 0 Å². The van der Waals surface area contributed by atoms with Crippen LogP contribution in [0.5, 0.6) is 0 Å². The van der Waals surface area contributed by atoms with Gasteiger partial charge in [-0.3, -0.25) is 25.1 Å². The Morgan fingerprint density at radius 1 is 1.00 bits per heavy atom. The first-order chi connectivity index (χ1) is 15.4. The number of non-ortho nitro benzene ring substituents is 1. The lowest BCUT2D eigenvalue weighted by Gasteiger charge is -2.28. The van der Waals surface area contributed by atoms with E-state index in [9.17, 15) is 19.7 Å². The van der Waals surface area contributed by atoms with Crippen LogP contribution in [0, 0.1) is 17.0 Å². The number of nitro groups is 1. The highest BCUT2D eigenvalue weighted by molar-refractivity contribution is 6.18. The van der Waals surface area contributed by atoms with Crippen LogP contribution in [0.4, 0.5) is 5.69 Å². The summed E-state index contributed by atoms with van der Waals surface area (Å²) in [6.07, 6.45) is 1.64. The Hall–Kier alpha value is -4.59. The monoisotopic (exact) mass is 426 g/mol. The van der Waals surface area contributed by atoms with Crippen molar-refractivity contribution in [1.29, 1.82) is 0 Å². The van der Waals surface area contributed by atoms with E-state index in [1.165, 1.54) is 24.3 Å². The van der Waals surface area contributed by atoms with E-state index in [2.05, 4.69) is 10.4 Å². The van der Waals surface area contributed by atoms with Crippen molar-refractivity contribution in [1.82, 2.24) is 10.4 Å². The van der Waals surface area contributed by atoms with Crippen molar-refractivity contribution in [3.63, 3.8) is 0 Å². The first-order valence-electron chi connectivity index (χ1n) is 9.75. The summed E-state index contributed by atoms with van der Waals surface area (Å²) in [6.45, 7) is 1.97. The third-order valence-corrected chi connectivity index (χ3v) is 4.83. The molecule has 1 aliphatic heterocycles. The highest BCUT2D eigenvalue weighted by Crippen LogP contribution is 2.20. The van der Waals surface area contributed by atoms with Gasteiger partial charge in [-0.1, -0.05) is 60.2 Å². The maximum atomic E-state index is 13.2. The lowest BCUT2D eigenvalue weighted by molar-refractivity contribution is -0.384. The van der Waals surface area contributed by atoms with E-state index < -0.39 is 16.7 Å². The van der Waals surface area contributed by atoms with E-state index in [-0.39, 0.29) is 22.8 Å². The fraction of sp³-hybridized carbons (Fsp3) is 0.0417. The van der Waals surface area contributed by atoms with Crippen molar-refractivity contribution in [2.75, 3.05) is 0 Å². The van der Waals surface area contributed by atoms with Crippen molar-refractivity contribution < 1.29 is 14.5 Å². The lowest BCUT2D eigenvalue weighted by Crippen LogP contribution is -2.53. The van der Waals surface area contributed by atoms with Crippen LogP contribution >= 0.6 is 0 Å². The molecule has 3 aromatic carbocycles. The number of carbonyl (C=O) groups is 2. The van der Waals surface area contributed by atoms with Crippen LogP contribution in [0.2, 0.25) is 0 Å². The van der Waals surface area contributed by atoms with E-state index in [1.54, 1.807) is 30.3 Å². The molecule has 0 unspecified atom stereocenters. The molecular formula is C24H18N4O4. The molecule has 0 aromatic heterocycles. The van der Waals surface area contributed by atoms with Gasteiger partial charge in [0.05, 0.1) is 4.92 Å². The molecule has 0 fully saturated rings. The van der Waals surface area contributed by atoms with E-state index in [4.69, 9.17) is 0 Å². The predicted octanol–water partition coefficient (Wildman–Crippen LogP) is 3.88. The van der Waals surface area contributed by atoms with Crippen molar-refractivity contribution in [2.24, 2.45) is 4.99 Å². The van der Waals surface area contributed by atoms with Gasteiger partial charge in [0, 0.05) is 23.3 Å². The summed E-state index contributed by atoms with van der Waals surface area (Å²) < 4.78 is 0. The summed E-state index contributed by atoms with van der Waals surface area (Å²) in [5.41, 5.74) is 5.30. The first-order valence-corrected chi connectivity index (χ1v) is 9.75. The highest BCUT2D eigenvalue weighted by Gasteiger charge is 2.30. The average molecular weight is 426 g/mol. The van der Waals surface area contributed by atoms with Gasteiger partial charge in [-0.25, -0.2) is 4.99 Å². The van der Waals surface area contributed by atoms with Gasteiger partial charge in [-0.15, -0.1) is 0 Å². The molecule has 0 spiro atoms. The fourth-order valence-electron chi connectivity index (χ4n) is 3.13. The number of benzene rings is 3. The molecule has 1 heterocycles. The van der Waals surface area contributed by atoms with Gasteiger partial charge in [-0.2, -0.15) is 5.01 Å². The SMILES string of the molecule is Cc1ccc(/C=C2/N=C(c3ccccc3)N(C(=O)c3ccc([N+](=O)[O-])cc3)NC2=O)cc1. The van der Waals surface area contributed by atoms with Crippen LogP contribution in [-0.4, -0.2) is 27.6 Å². The molecule has 2 amide bonds. The number of hydrazine groups is 1. The Bertz CT molecular complexity index is 1250. The van der Waals surface area contributed by atoms with Gasteiger partial charge in [0.2, 0.25) is 0 Å². The number of carbonyl (C=O) groups excluding carboxylic acids is 2. The first kappa shape index (κ1) is 20.7. The minimum atomic E-state index is -0.565. The zero-order chi connectivity index (χ0) is 22.7. The normalized spacial score (nSPS) is 14.7.